The summed E-state index contributed by atoms with van der Waals surface area (Å²) < 4.78 is 5.10. The molecule has 1 fully saturated rings. The van der Waals surface area contributed by atoms with Crippen LogP contribution in [0.25, 0.3) is 0 Å². The zero-order valence-electron chi connectivity index (χ0n) is 11.4. The number of ether oxygens (including phenoxy) is 1. The maximum Gasteiger partial charge on any atom is 0.334 e. The van der Waals surface area contributed by atoms with E-state index in [1.54, 1.807) is 17.5 Å². The summed E-state index contributed by atoms with van der Waals surface area (Å²) in [5.41, 5.74) is 2.66. The highest BCUT2D eigenvalue weighted by atomic mass is 32.1. The molecule has 2 rings (SSSR count). The highest BCUT2D eigenvalue weighted by molar-refractivity contribution is 7.09. The van der Waals surface area contributed by atoms with Crippen LogP contribution in [0.4, 0.5) is 4.79 Å². The third kappa shape index (κ3) is 3.26. The van der Waals surface area contributed by atoms with Crippen molar-refractivity contribution in [1.29, 1.82) is 0 Å². The third-order valence-electron chi connectivity index (χ3n) is 3.16. The molecule has 0 aromatic carbocycles. The van der Waals surface area contributed by atoms with Crippen LogP contribution in [0.3, 0.4) is 0 Å². The lowest BCUT2D eigenvalue weighted by Gasteiger charge is -2.33. The number of aromatic nitrogens is 1. The fourth-order valence-corrected chi connectivity index (χ4v) is 2.80. The number of carbonyl (C=O) groups is 2. The summed E-state index contributed by atoms with van der Waals surface area (Å²) in [6.45, 7) is 3.12. The third-order valence-corrected chi connectivity index (χ3v) is 4.08. The van der Waals surface area contributed by atoms with Crippen LogP contribution >= 0.6 is 11.3 Å². The maximum atomic E-state index is 12.3. The SMILES string of the molecule is Cc1ncsc1CN(C)C(=O)N1CCOC(C(=O)O)C1. The average molecular weight is 299 g/mol. The Bertz CT molecular complexity index is 505. The van der Waals surface area contributed by atoms with E-state index in [2.05, 4.69) is 4.98 Å². The predicted octanol–water partition coefficient (Wildman–Crippen LogP) is 0.789. The number of aryl methyl sites for hydroxylation is 1. The van der Waals surface area contributed by atoms with Crippen LogP contribution in [0, 0.1) is 6.92 Å². The van der Waals surface area contributed by atoms with E-state index in [0.29, 0.717) is 13.1 Å². The fraction of sp³-hybridized carbons (Fsp3) is 0.583. The first-order valence-corrected chi connectivity index (χ1v) is 7.10. The van der Waals surface area contributed by atoms with Gasteiger partial charge in [-0.15, -0.1) is 11.3 Å². The molecule has 0 radical (unpaired) electrons. The fourth-order valence-electron chi connectivity index (χ4n) is 1.97. The van der Waals surface area contributed by atoms with Crippen molar-refractivity contribution in [3.05, 3.63) is 16.1 Å². The zero-order chi connectivity index (χ0) is 14.7. The van der Waals surface area contributed by atoms with Crippen molar-refractivity contribution in [3.63, 3.8) is 0 Å². The van der Waals surface area contributed by atoms with E-state index >= 15 is 0 Å². The number of rotatable bonds is 3. The van der Waals surface area contributed by atoms with Gasteiger partial charge < -0.3 is 19.6 Å². The molecule has 1 saturated heterocycles. The first kappa shape index (κ1) is 14.7. The molecule has 20 heavy (non-hydrogen) atoms. The van der Waals surface area contributed by atoms with Gasteiger partial charge in [0.25, 0.3) is 0 Å². The number of hydrogen-bond donors (Lipinski definition) is 1. The number of nitrogens with zero attached hydrogens (tertiary/aromatic N) is 3. The van der Waals surface area contributed by atoms with Crippen molar-refractivity contribution in [2.75, 3.05) is 26.7 Å². The van der Waals surface area contributed by atoms with Crippen molar-refractivity contribution in [1.82, 2.24) is 14.8 Å². The first-order valence-electron chi connectivity index (χ1n) is 6.22. The molecule has 7 nitrogen and oxygen atoms in total. The molecule has 110 valence electrons. The number of carboxylic acids is 1. The first-order chi connectivity index (χ1) is 9.49. The number of carbonyl (C=O) groups excluding carboxylic acids is 1. The van der Waals surface area contributed by atoms with Gasteiger partial charge >= 0.3 is 12.0 Å². The molecule has 0 bridgehead atoms. The molecular formula is C12H17N3O4S. The average Bonchev–Trinajstić information content (AvgIpc) is 2.83. The van der Waals surface area contributed by atoms with Crippen LogP contribution in [-0.2, 0) is 16.1 Å². The van der Waals surface area contributed by atoms with Gasteiger partial charge in [0.2, 0.25) is 0 Å². The number of thiazole rings is 1. The Morgan fingerprint density at radius 3 is 3.00 bits per heavy atom. The predicted molar refractivity (Wildman–Crippen MR) is 72.7 cm³/mol. The summed E-state index contributed by atoms with van der Waals surface area (Å²) in [6.07, 6.45) is -0.939. The second-order valence-electron chi connectivity index (χ2n) is 4.64. The molecule has 8 heteroatoms. The largest absolute Gasteiger partial charge is 0.479 e. The molecule has 1 unspecified atom stereocenters. The minimum atomic E-state index is -1.04. The molecular weight excluding hydrogens is 282 g/mol. The molecule has 0 saturated carbocycles. The van der Waals surface area contributed by atoms with Gasteiger partial charge in [0.15, 0.2) is 6.10 Å². The highest BCUT2D eigenvalue weighted by Crippen LogP contribution is 2.16. The van der Waals surface area contributed by atoms with Crippen LogP contribution in [0.5, 0.6) is 0 Å². The van der Waals surface area contributed by atoms with Gasteiger partial charge in [0, 0.05) is 18.5 Å². The van der Waals surface area contributed by atoms with Crippen LogP contribution in [0.1, 0.15) is 10.6 Å². The number of urea groups is 1. The molecule has 2 amide bonds. The molecule has 1 N–H and O–H groups in total. The van der Waals surface area contributed by atoms with Gasteiger partial charge in [-0.05, 0) is 6.92 Å². The van der Waals surface area contributed by atoms with E-state index in [1.807, 2.05) is 6.92 Å². The smallest absolute Gasteiger partial charge is 0.334 e. The minimum absolute atomic E-state index is 0.0835. The molecule has 2 heterocycles. The normalized spacial score (nSPS) is 18.9. The Hall–Kier alpha value is -1.67. The summed E-state index contributed by atoms with van der Waals surface area (Å²) in [7, 11) is 1.70. The van der Waals surface area contributed by atoms with E-state index in [9.17, 15) is 9.59 Å². The van der Waals surface area contributed by atoms with E-state index in [-0.39, 0.29) is 19.2 Å². The molecule has 1 aliphatic heterocycles. The van der Waals surface area contributed by atoms with E-state index < -0.39 is 12.1 Å². The number of morpholine rings is 1. The molecule has 1 aliphatic rings. The summed E-state index contributed by atoms with van der Waals surface area (Å²) in [4.78, 5) is 31.5. The molecule has 1 aromatic heterocycles. The van der Waals surface area contributed by atoms with Gasteiger partial charge in [-0.2, -0.15) is 0 Å². The van der Waals surface area contributed by atoms with Crippen molar-refractivity contribution in [2.24, 2.45) is 0 Å². The quantitative estimate of drug-likeness (QED) is 0.892. The Labute approximate surface area is 120 Å². The molecule has 0 aliphatic carbocycles. The van der Waals surface area contributed by atoms with Gasteiger partial charge in [-0.25, -0.2) is 14.6 Å². The zero-order valence-corrected chi connectivity index (χ0v) is 12.2. The monoisotopic (exact) mass is 299 g/mol. The lowest BCUT2D eigenvalue weighted by molar-refractivity contribution is -0.154. The van der Waals surface area contributed by atoms with Crippen molar-refractivity contribution in [2.45, 2.75) is 19.6 Å². The Morgan fingerprint density at radius 1 is 1.65 bits per heavy atom. The summed E-state index contributed by atoms with van der Waals surface area (Å²) >= 11 is 1.51. The number of carboxylic acid groups (broad SMARTS) is 1. The lowest BCUT2D eigenvalue weighted by Crippen LogP contribution is -2.51. The second kappa shape index (κ2) is 6.19. The standard InChI is InChI=1S/C12H17N3O4S/c1-8-10(20-7-13-8)6-14(2)12(18)15-3-4-19-9(5-15)11(16)17/h7,9H,3-6H2,1-2H3,(H,16,17). The van der Waals surface area contributed by atoms with Crippen LogP contribution < -0.4 is 0 Å². The number of aliphatic carboxylic acids is 1. The summed E-state index contributed by atoms with van der Waals surface area (Å²) in [5, 5.41) is 8.94. The van der Waals surface area contributed by atoms with E-state index in [1.165, 1.54) is 16.2 Å². The lowest BCUT2D eigenvalue weighted by atomic mass is 10.3. The molecule has 0 spiro atoms. The van der Waals surface area contributed by atoms with Gasteiger partial charge in [-0.1, -0.05) is 0 Å². The van der Waals surface area contributed by atoms with Crippen molar-refractivity contribution in [3.8, 4) is 0 Å². The highest BCUT2D eigenvalue weighted by Gasteiger charge is 2.30. The second-order valence-corrected chi connectivity index (χ2v) is 5.58. The Balaban J connectivity index is 1.96. The molecule has 1 aromatic rings. The van der Waals surface area contributed by atoms with Crippen molar-refractivity contribution < 1.29 is 19.4 Å². The maximum absolute atomic E-state index is 12.3. The Kier molecular flexibility index (Phi) is 4.56. The minimum Gasteiger partial charge on any atom is -0.479 e. The Morgan fingerprint density at radius 2 is 2.40 bits per heavy atom. The van der Waals surface area contributed by atoms with Gasteiger partial charge in [0.1, 0.15) is 0 Å². The van der Waals surface area contributed by atoms with E-state index in [4.69, 9.17) is 9.84 Å². The van der Waals surface area contributed by atoms with Gasteiger partial charge in [-0.3, -0.25) is 0 Å². The summed E-state index contributed by atoms with van der Waals surface area (Å²) in [5.74, 6) is -1.04. The van der Waals surface area contributed by atoms with E-state index in [0.717, 1.165) is 10.6 Å². The van der Waals surface area contributed by atoms with Crippen LogP contribution in [0.2, 0.25) is 0 Å². The summed E-state index contributed by atoms with van der Waals surface area (Å²) in [6, 6.07) is -0.188. The number of amides is 2. The van der Waals surface area contributed by atoms with Crippen molar-refractivity contribution >= 4 is 23.3 Å². The topological polar surface area (TPSA) is 83.0 Å². The van der Waals surface area contributed by atoms with Gasteiger partial charge in [0.05, 0.1) is 30.9 Å². The van der Waals surface area contributed by atoms with Crippen LogP contribution in [0.15, 0.2) is 5.51 Å². The molecule has 1 atom stereocenters. The van der Waals surface area contributed by atoms with Crippen LogP contribution in [-0.4, -0.2) is 64.7 Å². The number of hydrogen-bond acceptors (Lipinski definition) is 5.